The molecule has 3 N–H and O–H groups in total. The lowest BCUT2D eigenvalue weighted by Gasteiger charge is -2.13. The SMILES string of the molecule is CCNC(=S)N[NH+]=Cc1cccc(OC)c1OCc1c(F)cccc1Cl. The minimum absolute atomic E-state index is 0.0318. The second-order valence-corrected chi connectivity index (χ2v) is 5.96. The van der Waals surface area contributed by atoms with E-state index in [9.17, 15) is 4.39 Å². The highest BCUT2D eigenvalue weighted by molar-refractivity contribution is 7.80. The molecule has 0 fully saturated rings. The van der Waals surface area contributed by atoms with Crippen LogP contribution in [0.3, 0.4) is 0 Å². The van der Waals surface area contributed by atoms with Gasteiger partial charge in [0.2, 0.25) is 11.3 Å². The van der Waals surface area contributed by atoms with Crippen molar-refractivity contribution in [3.8, 4) is 11.5 Å². The molecule has 0 atom stereocenters. The molecular weight excluding hydrogens is 377 g/mol. The van der Waals surface area contributed by atoms with Gasteiger partial charge in [0.15, 0.2) is 11.5 Å². The third-order valence-electron chi connectivity index (χ3n) is 3.40. The molecule has 0 saturated heterocycles. The Morgan fingerprint density at radius 1 is 1.31 bits per heavy atom. The van der Waals surface area contributed by atoms with Gasteiger partial charge in [0.05, 0.1) is 17.7 Å². The van der Waals surface area contributed by atoms with E-state index in [1.165, 1.54) is 13.2 Å². The molecule has 0 bridgehead atoms. The first-order valence-corrected chi connectivity index (χ1v) is 8.70. The van der Waals surface area contributed by atoms with Gasteiger partial charge in [0, 0.05) is 12.1 Å². The molecule has 0 aliphatic rings. The summed E-state index contributed by atoms with van der Waals surface area (Å²) in [5.41, 5.74) is 3.81. The molecule has 0 aromatic heterocycles. The van der Waals surface area contributed by atoms with Gasteiger partial charge >= 0.3 is 0 Å². The third kappa shape index (κ3) is 5.31. The number of benzene rings is 2. The molecule has 138 valence electrons. The van der Waals surface area contributed by atoms with Crippen LogP contribution in [0.4, 0.5) is 4.39 Å². The van der Waals surface area contributed by atoms with E-state index in [0.717, 1.165) is 0 Å². The summed E-state index contributed by atoms with van der Waals surface area (Å²) < 4.78 is 25.1. The predicted molar refractivity (Wildman–Crippen MR) is 104 cm³/mol. The number of hydrogen-bond donors (Lipinski definition) is 3. The van der Waals surface area contributed by atoms with Crippen LogP contribution in [0.5, 0.6) is 11.5 Å². The van der Waals surface area contributed by atoms with Crippen LogP contribution in [0, 0.1) is 5.82 Å². The van der Waals surface area contributed by atoms with E-state index in [1.54, 1.807) is 24.4 Å². The van der Waals surface area contributed by atoms with Crippen molar-refractivity contribution in [3.63, 3.8) is 0 Å². The van der Waals surface area contributed by atoms with Gasteiger partial charge in [0.1, 0.15) is 12.4 Å². The van der Waals surface area contributed by atoms with E-state index in [4.69, 9.17) is 33.3 Å². The largest absolute Gasteiger partial charge is 0.493 e. The maximum Gasteiger partial charge on any atom is 0.223 e. The van der Waals surface area contributed by atoms with Crippen LogP contribution in [0.1, 0.15) is 18.1 Å². The molecule has 0 heterocycles. The molecule has 2 aromatic rings. The zero-order chi connectivity index (χ0) is 18.9. The van der Waals surface area contributed by atoms with Gasteiger partial charge in [0.25, 0.3) is 0 Å². The highest BCUT2D eigenvalue weighted by atomic mass is 35.5. The third-order valence-corrected chi connectivity index (χ3v) is 4.00. The van der Waals surface area contributed by atoms with Crippen molar-refractivity contribution >= 4 is 35.1 Å². The molecule has 0 aliphatic heterocycles. The maximum atomic E-state index is 14.0. The van der Waals surface area contributed by atoms with Crippen molar-refractivity contribution in [2.24, 2.45) is 0 Å². The molecule has 0 unspecified atom stereocenters. The quantitative estimate of drug-likeness (QED) is 0.379. The number of hydrazine groups is 1. The molecule has 5 nitrogen and oxygen atoms in total. The number of thiocarbonyl (C=S) groups is 1. The summed E-state index contributed by atoms with van der Waals surface area (Å²) in [6.07, 6.45) is 1.67. The second-order valence-electron chi connectivity index (χ2n) is 5.14. The van der Waals surface area contributed by atoms with Gasteiger partial charge in [-0.1, -0.05) is 23.7 Å². The number of halogens is 2. The molecular formula is C18H20ClFN3O2S+. The van der Waals surface area contributed by atoms with Gasteiger partial charge in [-0.3, -0.25) is 0 Å². The second kappa shape index (κ2) is 9.94. The molecule has 2 aromatic carbocycles. The summed E-state index contributed by atoms with van der Waals surface area (Å²) in [5, 5.41) is 6.61. The lowest BCUT2D eigenvalue weighted by Crippen LogP contribution is -2.82. The first-order chi connectivity index (χ1) is 12.6. The van der Waals surface area contributed by atoms with Gasteiger partial charge in [-0.05, 0) is 43.4 Å². The average molecular weight is 397 g/mol. The van der Waals surface area contributed by atoms with E-state index in [2.05, 4.69) is 15.8 Å². The fourth-order valence-electron chi connectivity index (χ4n) is 2.16. The van der Waals surface area contributed by atoms with Crippen LogP contribution in [-0.4, -0.2) is 25.0 Å². The fourth-order valence-corrected chi connectivity index (χ4v) is 2.58. The van der Waals surface area contributed by atoms with E-state index in [-0.39, 0.29) is 12.2 Å². The van der Waals surface area contributed by atoms with Crippen molar-refractivity contribution < 1.29 is 19.0 Å². The number of rotatable bonds is 7. The number of ether oxygens (including phenoxy) is 2. The van der Waals surface area contributed by atoms with Gasteiger partial charge in [-0.2, -0.15) is 0 Å². The standard InChI is InChI=1S/C18H19ClFN3O2S/c1-3-21-18(26)23-22-10-12-6-4-9-16(24-2)17(12)25-11-13-14(19)7-5-8-15(13)20/h4-10H,3,11H2,1-2H3,(H2,21,23,26)/p+1. The van der Waals surface area contributed by atoms with Gasteiger partial charge < -0.3 is 14.8 Å². The Bertz CT molecular complexity index is 782. The molecule has 8 heteroatoms. The number of hydrogen-bond acceptors (Lipinski definition) is 3. The van der Waals surface area contributed by atoms with Gasteiger partial charge in [-0.25, -0.2) is 4.39 Å². The molecule has 0 radical (unpaired) electrons. The van der Waals surface area contributed by atoms with Crippen LogP contribution in [0.2, 0.25) is 5.02 Å². The van der Waals surface area contributed by atoms with Crippen LogP contribution in [-0.2, 0) is 6.61 Å². The Morgan fingerprint density at radius 3 is 2.77 bits per heavy atom. The number of methoxy groups -OCH3 is 1. The Morgan fingerprint density at radius 2 is 2.08 bits per heavy atom. The van der Waals surface area contributed by atoms with E-state index in [0.29, 0.717) is 33.7 Å². The van der Waals surface area contributed by atoms with E-state index >= 15 is 0 Å². The predicted octanol–water partition coefficient (Wildman–Crippen LogP) is 1.97. The topological polar surface area (TPSA) is 56.5 Å². The number of para-hydroxylation sites is 1. The highest BCUT2D eigenvalue weighted by Gasteiger charge is 2.14. The first kappa shape index (κ1) is 19.9. The van der Waals surface area contributed by atoms with Crippen molar-refractivity contribution in [2.45, 2.75) is 13.5 Å². The zero-order valence-corrected chi connectivity index (χ0v) is 16.0. The average Bonchev–Trinajstić information content (AvgIpc) is 2.62. The maximum absolute atomic E-state index is 14.0. The minimum atomic E-state index is -0.422. The smallest absolute Gasteiger partial charge is 0.223 e. The lowest BCUT2D eigenvalue weighted by atomic mass is 10.2. The van der Waals surface area contributed by atoms with Crippen molar-refractivity contribution in [3.05, 3.63) is 58.4 Å². The fraction of sp³-hybridized carbons (Fsp3) is 0.222. The highest BCUT2D eigenvalue weighted by Crippen LogP contribution is 2.31. The Kier molecular flexibility index (Phi) is 7.62. The Hall–Kier alpha value is -2.38. The number of nitrogens with one attached hydrogen (secondary N) is 3. The molecule has 0 aliphatic carbocycles. The van der Waals surface area contributed by atoms with Crippen LogP contribution in [0.25, 0.3) is 0 Å². The first-order valence-electron chi connectivity index (χ1n) is 7.92. The summed E-state index contributed by atoms with van der Waals surface area (Å²) in [7, 11) is 1.54. The molecule has 0 saturated carbocycles. The zero-order valence-electron chi connectivity index (χ0n) is 14.4. The van der Waals surface area contributed by atoms with Crippen molar-refractivity contribution in [1.82, 2.24) is 10.7 Å². The van der Waals surface area contributed by atoms with Gasteiger partial charge in [-0.15, -0.1) is 10.5 Å². The summed E-state index contributed by atoms with van der Waals surface area (Å²) in [5.74, 6) is 0.550. The van der Waals surface area contributed by atoms with Crippen LogP contribution in [0.15, 0.2) is 36.4 Å². The Labute approximate surface area is 162 Å². The van der Waals surface area contributed by atoms with Crippen LogP contribution < -0.4 is 25.3 Å². The molecule has 0 spiro atoms. The van der Waals surface area contributed by atoms with E-state index in [1.807, 2.05) is 19.1 Å². The van der Waals surface area contributed by atoms with E-state index < -0.39 is 5.82 Å². The summed E-state index contributed by atoms with van der Waals surface area (Å²) in [4.78, 5) is 0. The number of hydrazone groups is 1. The van der Waals surface area contributed by atoms with Crippen molar-refractivity contribution in [2.75, 3.05) is 13.7 Å². The van der Waals surface area contributed by atoms with Crippen molar-refractivity contribution in [1.29, 1.82) is 0 Å². The summed E-state index contributed by atoms with van der Waals surface area (Å²) in [6.45, 7) is 2.62. The van der Waals surface area contributed by atoms with Crippen LogP contribution >= 0.6 is 23.8 Å². The molecule has 26 heavy (non-hydrogen) atoms. The summed E-state index contributed by atoms with van der Waals surface area (Å²) in [6, 6.07) is 9.90. The summed E-state index contributed by atoms with van der Waals surface area (Å²) >= 11 is 11.1. The lowest BCUT2D eigenvalue weighted by molar-refractivity contribution is -0.500. The normalized spacial score (nSPS) is 10.6. The monoisotopic (exact) mass is 396 g/mol. The Balaban J connectivity index is 2.20. The molecule has 2 rings (SSSR count). The molecule has 0 amide bonds. The minimum Gasteiger partial charge on any atom is -0.493 e.